The standard InChI is InChI=1S/4C6H8N2.2C5H7N.C5H5N.C4H5N.C3H3N.3CHN.HN.V/c2*1-6(5-8)3-2-4-7;1-2-6(5-8)3-4-7;7-5-3-1-2-4-6-8;3*1-2-3-4-5-6;1-4(2)3-5;1-2-3-4;3*1-2;;/h3*6H,2-3H2,1H3;1-4H2;2-3H,4H2,1H3;2H,1,3-4H2;3H,1,4H2;1H2,2H3;2H,1H2;3*1H;1H;. The first-order valence-electron chi connectivity index (χ1n) is 19.1. The van der Waals surface area contributed by atoms with Crippen molar-refractivity contribution < 1.29 is 17.2 Å². The van der Waals surface area contributed by atoms with Crippen LogP contribution in [0.3, 0.4) is 0 Å². The van der Waals surface area contributed by atoms with E-state index < -0.39 is 0 Å². The van der Waals surface area contributed by atoms with Crippen LogP contribution in [0.4, 0.5) is 0 Å². The third kappa shape index (κ3) is 238. The second-order valence-electron chi connectivity index (χ2n) is 10.5. The molecule has 0 fully saturated rings. The van der Waals surface area contributed by atoms with Gasteiger partial charge in [0.25, 0.3) is 0 Å². The molecule has 0 spiro atoms. The van der Waals surface area contributed by atoms with Crippen LogP contribution in [-0.2, 0) is 17.2 Å². The summed E-state index contributed by atoms with van der Waals surface area (Å²) in [5.74, 6) is 0.0179. The fraction of sp³-hybridized carbons (Fsp3) is 0.449. The first-order chi connectivity index (χ1) is 32.3. The molecule has 3 atom stereocenters. The molecule has 0 saturated carbocycles. The molecule has 17 nitrogen and oxygen atoms in total. The third-order valence-corrected chi connectivity index (χ3v) is 5.18. The summed E-state index contributed by atoms with van der Waals surface area (Å²) in [7, 11) is 0. The fourth-order valence-corrected chi connectivity index (χ4v) is 1.95. The van der Waals surface area contributed by atoms with E-state index in [0.717, 1.165) is 25.7 Å². The molecule has 0 aromatic heterocycles. The summed E-state index contributed by atoms with van der Waals surface area (Å²) < 4.78 is 5.69. The summed E-state index contributed by atoms with van der Waals surface area (Å²) in [6.45, 7) is 32.8. The van der Waals surface area contributed by atoms with Crippen molar-refractivity contribution in [1.29, 1.82) is 88.4 Å². The molecule has 0 saturated heterocycles. The van der Waals surface area contributed by atoms with Crippen molar-refractivity contribution in [2.45, 2.75) is 125 Å². The zero-order chi connectivity index (χ0) is 55.6. The van der Waals surface area contributed by atoms with Gasteiger partial charge in [-0.2, -0.15) is 68.4 Å². The van der Waals surface area contributed by atoms with Gasteiger partial charge in [-0.1, -0.05) is 44.9 Å². The molecule has 0 aliphatic carbocycles. The van der Waals surface area contributed by atoms with E-state index in [9.17, 15) is 0 Å². The van der Waals surface area contributed by atoms with Gasteiger partial charge in [-0.25, -0.2) is 15.8 Å². The molecular formula is C49H63N17V. The van der Waals surface area contributed by atoms with Crippen LogP contribution in [0.15, 0.2) is 68.0 Å². The number of nitrogens with zero attached hydrogens (tertiary/aromatic N) is 16. The van der Waals surface area contributed by atoms with Crippen molar-refractivity contribution in [1.82, 2.24) is 0 Å². The predicted octanol–water partition coefficient (Wildman–Crippen LogP) is 12.6. The van der Waals surface area contributed by atoms with Crippen LogP contribution in [0, 0.1) is 205 Å². The third-order valence-electron chi connectivity index (χ3n) is 5.18. The Morgan fingerprint density at radius 3 is 1.10 bits per heavy atom. The summed E-state index contributed by atoms with van der Waals surface area (Å²) in [5, 5.41) is 123. The Kier molecular flexibility index (Phi) is 191. The molecule has 0 rings (SSSR count). The molecule has 3 unspecified atom stereocenters. The summed E-state index contributed by atoms with van der Waals surface area (Å²) >= 11 is 1.56. The van der Waals surface area contributed by atoms with Crippen LogP contribution in [0.25, 0.3) is 0 Å². The van der Waals surface area contributed by atoms with Crippen molar-refractivity contribution >= 4 is 0 Å². The van der Waals surface area contributed by atoms with Crippen molar-refractivity contribution in [3.63, 3.8) is 0 Å². The van der Waals surface area contributed by atoms with Crippen LogP contribution >= 0.6 is 0 Å². The maximum absolute atomic E-state index is 8.26. The molecule has 0 aliphatic heterocycles. The van der Waals surface area contributed by atoms with Gasteiger partial charge in [0.05, 0.1) is 104 Å². The van der Waals surface area contributed by atoms with E-state index >= 15 is 0 Å². The molecule has 0 aliphatic rings. The van der Waals surface area contributed by atoms with E-state index in [0.29, 0.717) is 69.8 Å². The van der Waals surface area contributed by atoms with E-state index in [2.05, 4.69) is 51.8 Å². The number of unbranched alkanes of at least 4 members (excludes halogenated alkanes) is 4. The van der Waals surface area contributed by atoms with Crippen molar-refractivity contribution in [2.75, 3.05) is 0 Å². The monoisotopic (exact) mass is 940 g/mol. The summed E-state index contributed by atoms with van der Waals surface area (Å²) in [6, 6.07) is 25.5. The van der Waals surface area contributed by atoms with Gasteiger partial charge in [0, 0.05) is 75.3 Å². The number of allylic oxidation sites excluding steroid dienone is 6. The van der Waals surface area contributed by atoms with Crippen LogP contribution in [0.5, 0.6) is 0 Å². The van der Waals surface area contributed by atoms with Gasteiger partial charge < -0.3 is 0 Å². The molecular weight excluding hydrogens is 878 g/mol. The molecule has 18 heteroatoms. The number of hydrogen-bond donors (Lipinski definition) is 1. The Morgan fingerprint density at radius 1 is 0.612 bits per heavy atom. The SMILES string of the molecule is C#N.C#N.C#N.C=C(C)C#N.C=C=CCC#N.C=CC#N.C=CCCC#N.CC(C#N)CCC#N.CC(C#N)CCC#N.CC=CCC#N.CCC(C#N)CC#N.N#CCCCCC#N.[NH]=[V]. The van der Waals surface area contributed by atoms with Crippen LogP contribution in [0.2, 0.25) is 0 Å². The Morgan fingerprint density at radius 2 is 0.970 bits per heavy atom. The number of nitriles is 16. The summed E-state index contributed by atoms with van der Waals surface area (Å²) in [5.41, 5.74) is 3.03. The van der Waals surface area contributed by atoms with E-state index in [1.807, 2.05) is 113 Å². The normalized spacial score (nSPS) is 7.54. The quantitative estimate of drug-likeness (QED) is 0.0775. The zero-order valence-corrected chi connectivity index (χ0v) is 41.1. The topological polar surface area (TPSA) is 404 Å². The summed E-state index contributed by atoms with van der Waals surface area (Å²) in [4.78, 5) is 0. The fourth-order valence-electron chi connectivity index (χ4n) is 1.95. The van der Waals surface area contributed by atoms with Crippen LogP contribution in [-0.4, -0.2) is 0 Å². The average molecular weight is 941 g/mol. The Balaban J connectivity index is -0.0000000439. The maximum atomic E-state index is 8.26. The van der Waals surface area contributed by atoms with Crippen molar-refractivity contribution in [3.8, 4) is 98.6 Å². The van der Waals surface area contributed by atoms with Crippen LogP contribution < -0.4 is 0 Å². The number of nitrogens with one attached hydrogen (secondary N) is 1. The molecule has 0 heterocycles. The molecule has 67 heavy (non-hydrogen) atoms. The second-order valence-corrected chi connectivity index (χ2v) is 10.5. The first kappa shape index (κ1) is 92.8. The van der Waals surface area contributed by atoms with Gasteiger partial charge in [-0.15, -0.1) is 12.3 Å². The molecule has 0 amide bonds. The van der Waals surface area contributed by atoms with Crippen LogP contribution in [0.1, 0.15) is 125 Å². The van der Waals surface area contributed by atoms with E-state index in [-0.39, 0.29) is 17.8 Å². The molecule has 1 N–H and O–H groups in total. The van der Waals surface area contributed by atoms with Crippen molar-refractivity contribution in [3.05, 3.63) is 68.0 Å². The van der Waals surface area contributed by atoms with Gasteiger partial charge in [-0.05, 0) is 72.3 Å². The van der Waals surface area contributed by atoms with Crippen molar-refractivity contribution in [2.24, 2.45) is 17.8 Å². The molecule has 0 bridgehead atoms. The van der Waals surface area contributed by atoms with Gasteiger partial charge >= 0.3 is 21.4 Å². The number of rotatable bonds is 13. The minimum absolute atomic E-state index is 0.0367. The predicted molar refractivity (Wildman–Crippen MR) is 252 cm³/mol. The Bertz CT molecular complexity index is 1770. The number of hydrogen-bond acceptors (Lipinski definition) is 17. The van der Waals surface area contributed by atoms with E-state index in [4.69, 9.17) is 88.4 Å². The van der Waals surface area contributed by atoms with Gasteiger partial charge in [0.1, 0.15) is 0 Å². The molecule has 0 radical (unpaired) electrons. The molecule has 0 aromatic carbocycles. The second kappa shape index (κ2) is 138. The first-order valence-corrected chi connectivity index (χ1v) is 19.8. The Labute approximate surface area is 412 Å². The Hall–Kier alpha value is -9.30. The van der Waals surface area contributed by atoms with Gasteiger partial charge in [-0.3, -0.25) is 0 Å². The average Bonchev–Trinajstić information content (AvgIpc) is 3.39. The zero-order valence-electron chi connectivity index (χ0n) is 39.7. The summed E-state index contributed by atoms with van der Waals surface area (Å²) in [6.07, 6.45) is 17.0. The molecule has 0 aromatic rings. The minimum atomic E-state index is -0.0556. The van der Waals surface area contributed by atoms with Gasteiger partial charge in [0.2, 0.25) is 0 Å². The van der Waals surface area contributed by atoms with Gasteiger partial charge in [0.15, 0.2) is 0 Å². The van der Waals surface area contributed by atoms with E-state index in [1.165, 1.54) is 6.08 Å². The molecule has 349 valence electrons. The van der Waals surface area contributed by atoms with E-state index in [1.54, 1.807) is 42.4 Å².